The van der Waals surface area contributed by atoms with E-state index < -0.39 is 11.2 Å². The van der Waals surface area contributed by atoms with E-state index in [1.54, 1.807) is 6.07 Å². The third kappa shape index (κ3) is 5.37. The SMILES string of the molecule is Cc1c(CC(=O)N2CC[C@@]3(O)CCCC[C@@H]3C2)c(=O)oc2cc(OCc3ccc(C(C)(C)C)cc3)ccc12. The second-order valence-corrected chi connectivity index (χ2v) is 12.2. The number of aliphatic hydroxyl groups is 1. The number of rotatable bonds is 5. The van der Waals surface area contributed by atoms with Crippen molar-refractivity contribution in [1.29, 1.82) is 0 Å². The van der Waals surface area contributed by atoms with Gasteiger partial charge in [0.15, 0.2) is 0 Å². The van der Waals surface area contributed by atoms with Crippen LogP contribution >= 0.6 is 0 Å². The Balaban J connectivity index is 1.28. The zero-order valence-electron chi connectivity index (χ0n) is 23.0. The number of ether oxygens (including phenoxy) is 1. The van der Waals surface area contributed by atoms with Gasteiger partial charge < -0.3 is 19.2 Å². The van der Waals surface area contributed by atoms with Gasteiger partial charge in [0.25, 0.3) is 0 Å². The highest BCUT2D eigenvalue weighted by Gasteiger charge is 2.43. The first-order valence-corrected chi connectivity index (χ1v) is 13.8. The van der Waals surface area contributed by atoms with Crippen molar-refractivity contribution in [3.63, 3.8) is 0 Å². The maximum absolute atomic E-state index is 13.2. The molecule has 1 saturated carbocycles. The predicted molar refractivity (Wildman–Crippen MR) is 149 cm³/mol. The molecule has 0 bridgehead atoms. The Morgan fingerprint density at radius 1 is 1.13 bits per heavy atom. The van der Waals surface area contributed by atoms with Crippen molar-refractivity contribution in [2.75, 3.05) is 13.1 Å². The Morgan fingerprint density at radius 3 is 2.63 bits per heavy atom. The fraction of sp³-hybridized carbons (Fsp3) is 0.500. The number of amides is 1. The molecule has 0 spiro atoms. The fourth-order valence-electron chi connectivity index (χ4n) is 6.00. The summed E-state index contributed by atoms with van der Waals surface area (Å²) in [6.45, 7) is 9.95. The van der Waals surface area contributed by atoms with Gasteiger partial charge in [-0.1, -0.05) is 57.9 Å². The molecule has 2 fully saturated rings. The summed E-state index contributed by atoms with van der Waals surface area (Å²) in [5, 5.41) is 11.7. The van der Waals surface area contributed by atoms with E-state index in [0.717, 1.165) is 42.2 Å². The molecule has 38 heavy (non-hydrogen) atoms. The van der Waals surface area contributed by atoms with E-state index >= 15 is 0 Å². The number of piperidine rings is 1. The monoisotopic (exact) mass is 517 g/mol. The summed E-state index contributed by atoms with van der Waals surface area (Å²) < 4.78 is 11.7. The molecule has 1 saturated heterocycles. The second-order valence-electron chi connectivity index (χ2n) is 12.2. The molecule has 0 radical (unpaired) electrons. The molecule has 1 amide bonds. The number of aryl methyl sites for hydroxylation is 1. The second kappa shape index (κ2) is 10.2. The minimum Gasteiger partial charge on any atom is -0.489 e. The molecule has 5 rings (SSSR count). The van der Waals surface area contributed by atoms with Crippen molar-refractivity contribution < 1.29 is 19.1 Å². The van der Waals surface area contributed by atoms with E-state index in [2.05, 4.69) is 45.0 Å². The third-order valence-corrected chi connectivity index (χ3v) is 8.59. The Bertz CT molecular complexity index is 1380. The van der Waals surface area contributed by atoms with Gasteiger partial charge in [-0.05, 0) is 60.4 Å². The van der Waals surface area contributed by atoms with E-state index in [-0.39, 0.29) is 23.7 Å². The number of nitrogens with zero attached hydrogens (tertiary/aromatic N) is 1. The van der Waals surface area contributed by atoms with E-state index in [9.17, 15) is 14.7 Å². The lowest BCUT2D eigenvalue weighted by Crippen LogP contribution is -2.55. The van der Waals surface area contributed by atoms with Crippen LogP contribution in [0.2, 0.25) is 0 Å². The van der Waals surface area contributed by atoms with Gasteiger partial charge >= 0.3 is 5.63 Å². The van der Waals surface area contributed by atoms with Crippen molar-refractivity contribution in [1.82, 2.24) is 4.90 Å². The Labute approximate surface area is 224 Å². The Hall–Kier alpha value is -3.12. The molecule has 202 valence electrons. The lowest BCUT2D eigenvalue weighted by molar-refractivity contribution is -0.142. The summed E-state index contributed by atoms with van der Waals surface area (Å²) in [5.74, 6) is 0.666. The number of benzene rings is 2. The zero-order valence-corrected chi connectivity index (χ0v) is 23.0. The van der Waals surface area contributed by atoms with Crippen molar-refractivity contribution in [2.45, 2.75) is 83.8 Å². The molecule has 2 heterocycles. The Kier molecular flexibility index (Phi) is 7.12. The quantitative estimate of drug-likeness (QED) is 0.441. The number of fused-ring (bicyclic) bond motifs is 2. The maximum Gasteiger partial charge on any atom is 0.340 e. The molecule has 1 aliphatic heterocycles. The average molecular weight is 518 g/mol. The molecule has 1 aromatic heterocycles. The largest absolute Gasteiger partial charge is 0.489 e. The van der Waals surface area contributed by atoms with Gasteiger partial charge in [0.05, 0.1) is 17.6 Å². The smallest absolute Gasteiger partial charge is 0.340 e. The van der Waals surface area contributed by atoms with Crippen molar-refractivity contribution >= 4 is 16.9 Å². The minimum atomic E-state index is -0.636. The standard InChI is InChI=1S/C32H39NO5/c1-21-26-13-12-25(37-20-22-8-10-23(11-9-22)31(2,3)4)17-28(26)38-30(35)27(21)18-29(34)33-16-15-32(36)14-6-5-7-24(32)19-33/h8-13,17,24,36H,5-7,14-16,18-20H2,1-4H3/t24-,32+/m1/s1. The normalized spacial score (nSPS) is 21.8. The third-order valence-electron chi connectivity index (χ3n) is 8.59. The number of hydrogen-bond donors (Lipinski definition) is 1. The summed E-state index contributed by atoms with van der Waals surface area (Å²) >= 11 is 0. The predicted octanol–water partition coefficient (Wildman–Crippen LogP) is 5.67. The number of likely N-dealkylation sites (tertiary alicyclic amines) is 1. The van der Waals surface area contributed by atoms with Gasteiger partial charge in [-0.15, -0.1) is 0 Å². The van der Waals surface area contributed by atoms with Crippen LogP contribution in [0.25, 0.3) is 11.0 Å². The van der Waals surface area contributed by atoms with Crippen LogP contribution in [0.5, 0.6) is 5.75 Å². The topological polar surface area (TPSA) is 80.0 Å². The number of carbonyl (C=O) groups excluding carboxylic acids is 1. The van der Waals surface area contributed by atoms with Crippen molar-refractivity contribution in [3.8, 4) is 5.75 Å². The number of hydrogen-bond acceptors (Lipinski definition) is 5. The minimum absolute atomic E-state index is 0.0120. The first-order valence-electron chi connectivity index (χ1n) is 13.8. The van der Waals surface area contributed by atoms with Gasteiger partial charge in [0.1, 0.15) is 17.9 Å². The summed E-state index contributed by atoms with van der Waals surface area (Å²) in [7, 11) is 0. The van der Waals surface area contributed by atoms with Gasteiger partial charge in [-0.25, -0.2) is 4.79 Å². The summed E-state index contributed by atoms with van der Waals surface area (Å²) in [6.07, 6.45) is 4.54. The van der Waals surface area contributed by atoms with Crippen molar-refractivity contribution in [2.24, 2.45) is 5.92 Å². The van der Waals surface area contributed by atoms with Crippen LogP contribution in [-0.4, -0.2) is 34.6 Å². The highest BCUT2D eigenvalue weighted by atomic mass is 16.5. The first kappa shape index (κ1) is 26.5. The van der Waals surface area contributed by atoms with Crippen LogP contribution < -0.4 is 10.4 Å². The van der Waals surface area contributed by atoms with E-state index in [0.29, 0.717) is 43.0 Å². The summed E-state index contributed by atoms with van der Waals surface area (Å²) in [4.78, 5) is 27.9. The lowest BCUT2D eigenvalue weighted by Gasteiger charge is -2.47. The van der Waals surface area contributed by atoms with Crippen LogP contribution in [0.4, 0.5) is 0 Å². The van der Waals surface area contributed by atoms with Crippen LogP contribution in [0.3, 0.4) is 0 Å². The fourth-order valence-corrected chi connectivity index (χ4v) is 6.00. The maximum atomic E-state index is 13.2. The summed E-state index contributed by atoms with van der Waals surface area (Å²) in [5.41, 5.74) is 2.94. The molecule has 6 heteroatoms. The summed E-state index contributed by atoms with van der Waals surface area (Å²) in [6, 6.07) is 13.9. The van der Waals surface area contributed by atoms with Crippen LogP contribution in [0.15, 0.2) is 51.7 Å². The molecule has 1 N–H and O–H groups in total. The molecule has 2 atom stereocenters. The van der Waals surface area contributed by atoms with Crippen LogP contribution in [0, 0.1) is 12.8 Å². The van der Waals surface area contributed by atoms with Gasteiger partial charge in [0.2, 0.25) is 5.91 Å². The Morgan fingerprint density at radius 2 is 1.89 bits per heavy atom. The molecular weight excluding hydrogens is 478 g/mol. The number of carbonyl (C=O) groups is 1. The highest BCUT2D eigenvalue weighted by molar-refractivity contribution is 5.85. The average Bonchev–Trinajstić information content (AvgIpc) is 2.88. The van der Waals surface area contributed by atoms with E-state index in [4.69, 9.17) is 9.15 Å². The van der Waals surface area contributed by atoms with Crippen LogP contribution in [0.1, 0.15) is 75.1 Å². The van der Waals surface area contributed by atoms with Crippen molar-refractivity contribution in [3.05, 3.63) is 75.1 Å². The lowest BCUT2D eigenvalue weighted by atomic mass is 9.71. The van der Waals surface area contributed by atoms with E-state index in [1.165, 1.54) is 5.56 Å². The molecule has 0 unspecified atom stereocenters. The molecular formula is C32H39NO5. The zero-order chi connectivity index (χ0) is 27.1. The molecule has 3 aromatic rings. The highest BCUT2D eigenvalue weighted by Crippen LogP contribution is 2.40. The molecule has 2 aliphatic rings. The van der Waals surface area contributed by atoms with Gasteiger partial charge in [-0.2, -0.15) is 0 Å². The molecule has 1 aliphatic carbocycles. The first-order chi connectivity index (χ1) is 18.0. The molecule has 6 nitrogen and oxygen atoms in total. The van der Waals surface area contributed by atoms with Crippen LogP contribution in [-0.2, 0) is 23.2 Å². The molecule has 2 aromatic carbocycles. The van der Waals surface area contributed by atoms with Gasteiger partial charge in [-0.3, -0.25) is 4.79 Å². The van der Waals surface area contributed by atoms with E-state index in [1.807, 2.05) is 24.0 Å². The van der Waals surface area contributed by atoms with Gasteiger partial charge in [0, 0.05) is 30.5 Å².